The molecule has 2 aromatic rings. The number of aromatic nitrogens is 2. The third kappa shape index (κ3) is 5.54. The predicted molar refractivity (Wildman–Crippen MR) is 101 cm³/mol. The fraction of sp³-hybridized carbons (Fsp3) is 0.312. The molecule has 0 unspecified atom stereocenters. The Bertz CT molecular complexity index is 686. The quantitative estimate of drug-likeness (QED) is 0.396. The number of carbonyl (C=O) groups excluding carboxylic acids is 1. The van der Waals surface area contributed by atoms with E-state index in [1.807, 2.05) is 6.92 Å². The van der Waals surface area contributed by atoms with Gasteiger partial charge in [-0.2, -0.15) is 11.8 Å². The van der Waals surface area contributed by atoms with Gasteiger partial charge in [-0.25, -0.2) is 9.78 Å². The van der Waals surface area contributed by atoms with Gasteiger partial charge in [0.05, 0.1) is 24.7 Å². The van der Waals surface area contributed by atoms with Crippen LogP contribution in [-0.4, -0.2) is 40.5 Å². The Hall–Kier alpha value is -2.06. The highest BCUT2D eigenvalue weighted by atomic mass is 32.2. The van der Waals surface area contributed by atoms with E-state index in [2.05, 4.69) is 25.3 Å². The number of nitrogens with zero attached hydrogens (tertiary/aromatic N) is 1. The van der Waals surface area contributed by atoms with Crippen molar-refractivity contribution in [1.82, 2.24) is 15.3 Å². The lowest BCUT2D eigenvalue weighted by Gasteiger charge is -2.10. The molecule has 3 N–H and O–H groups in total. The number of anilines is 1. The number of esters is 1. The SMILES string of the molecule is COC(=O)c1ccc(NC(=S)NCCSCc2nc[nH]c2C)cc1. The van der Waals surface area contributed by atoms with Crippen LogP contribution < -0.4 is 10.6 Å². The third-order valence-electron chi connectivity index (χ3n) is 3.27. The van der Waals surface area contributed by atoms with E-state index in [-0.39, 0.29) is 5.97 Å². The first-order valence-electron chi connectivity index (χ1n) is 7.40. The number of benzene rings is 1. The van der Waals surface area contributed by atoms with Crippen molar-refractivity contribution < 1.29 is 9.53 Å². The monoisotopic (exact) mass is 364 g/mol. The number of thioether (sulfide) groups is 1. The van der Waals surface area contributed by atoms with Crippen molar-refractivity contribution in [2.24, 2.45) is 0 Å². The molecule has 0 fully saturated rings. The molecular formula is C16H20N4O2S2. The van der Waals surface area contributed by atoms with Crippen molar-refractivity contribution in [3.05, 3.63) is 47.5 Å². The molecule has 0 saturated carbocycles. The molecule has 0 atom stereocenters. The first-order valence-corrected chi connectivity index (χ1v) is 8.96. The maximum atomic E-state index is 11.4. The minimum atomic E-state index is -0.355. The number of rotatable bonds is 7. The molecule has 128 valence electrons. The molecule has 0 aliphatic carbocycles. The molecule has 1 aromatic carbocycles. The number of aryl methyl sites for hydroxylation is 1. The van der Waals surface area contributed by atoms with Crippen LogP contribution in [0.4, 0.5) is 5.69 Å². The van der Waals surface area contributed by atoms with E-state index in [1.165, 1.54) is 7.11 Å². The maximum absolute atomic E-state index is 11.4. The second-order valence-corrected chi connectivity index (χ2v) is 6.49. The standard InChI is InChI=1S/C16H20N4O2S2/c1-11-14(19-10-18-11)9-24-8-7-17-16(23)20-13-5-3-12(4-6-13)15(21)22-2/h3-6,10H,7-9H2,1-2H3,(H,18,19)(H2,17,20,23). The highest BCUT2D eigenvalue weighted by Gasteiger charge is 2.05. The summed E-state index contributed by atoms with van der Waals surface area (Å²) in [4.78, 5) is 18.7. The van der Waals surface area contributed by atoms with Gasteiger partial charge in [0.1, 0.15) is 0 Å². The molecule has 8 heteroatoms. The summed E-state index contributed by atoms with van der Waals surface area (Å²) in [5.41, 5.74) is 3.53. The lowest BCUT2D eigenvalue weighted by Crippen LogP contribution is -2.30. The lowest BCUT2D eigenvalue weighted by atomic mass is 10.2. The molecule has 24 heavy (non-hydrogen) atoms. The highest BCUT2D eigenvalue weighted by Crippen LogP contribution is 2.12. The van der Waals surface area contributed by atoms with E-state index in [4.69, 9.17) is 12.2 Å². The number of aromatic amines is 1. The van der Waals surface area contributed by atoms with E-state index in [1.54, 1.807) is 42.4 Å². The van der Waals surface area contributed by atoms with Gasteiger partial charge < -0.3 is 20.4 Å². The van der Waals surface area contributed by atoms with Gasteiger partial charge in [-0.05, 0) is 43.4 Å². The Morgan fingerprint density at radius 1 is 1.38 bits per heavy atom. The third-order valence-corrected chi connectivity index (χ3v) is 4.49. The molecule has 0 aliphatic rings. The van der Waals surface area contributed by atoms with Crippen LogP contribution >= 0.6 is 24.0 Å². The topological polar surface area (TPSA) is 79.0 Å². The fourth-order valence-corrected chi connectivity index (χ4v) is 3.02. The van der Waals surface area contributed by atoms with Gasteiger partial charge in [0.2, 0.25) is 0 Å². The van der Waals surface area contributed by atoms with Gasteiger partial charge >= 0.3 is 5.97 Å². The van der Waals surface area contributed by atoms with E-state index < -0.39 is 0 Å². The second kappa shape index (κ2) is 9.29. The van der Waals surface area contributed by atoms with Crippen LogP contribution in [0.25, 0.3) is 0 Å². The van der Waals surface area contributed by atoms with Crippen LogP contribution in [0.15, 0.2) is 30.6 Å². The Balaban J connectivity index is 1.66. The molecule has 1 aromatic heterocycles. The summed E-state index contributed by atoms with van der Waals surface area (Å²) in [5.74, 6) is 1.45. The van der Waals surface area contributed by atoms with Gasteiger partial charge in [-0.15, -0.1) is 0 Å². The minimum absolute atomic E-state index is 0.355. The second-order valence-electron chi connectivity index (χ2n) is 4.98. The first kappa shape index (κ1) is 18.3. The summed E-state index contributed by atoms with van der Waals surface area (Å²) < 4.78 is 4.66. The van der Waals surface area contributed by atoms with Gasteiger partial charge in [0, 0.05) is 29.4 Å². The van der Waals surface area contributed by atoms with E-state index in [0.717, 1.165) is 35.1 Å². The molecular weight excluding hydrogens is 344 g/mol. The first-order chi connectivity index (χ1) is 11.6. The molecule has 1 heterocycles. The Kier molecular flexibility index (Phi) is 7.07. The number of imidazole rings is 1. The van der Waals surface area contributed by atoms with E-state index >= 15 is 0 Å². The highest BCUT2D eigenvalue weighted by molar-refractivity contribution is 7.98. The number of methoxy groups -OCH3 is 1. The van der Waals surface area contributed by atoms with Crippen LogP contribution in [0.3, 0.4) is 0 Å². The molecule has 0 saturated heterocycles. The van der Waals surface area contributed by atoms with Gasteiger partial charge in [0.15, 0.2) is 5.11 Å². The van der Waals surface area contributed by atoms with Crippen molar-refractivity contribution in [3.8, 4) is 0 Å². The Morgan fingerprint density at radius 2 is 2.12 bits per heavy atom. The zero-order chi connectivity index (χ0) is 17.4. The Morgan fingerprint density at radius 3 is 2.75 bits per heavy atom. The van der Waals surface area contributed by atoms with Gasteiger partial charge in [-0.3, -0.25) is 0 Å². The number of ether oxygens (including phenoxy) is 1. The summed E-state index contributed by atoms with van der Waals surface area (Å²) in [6.45, 7) is 2.78. The zero-order valence-electron chi connectivity index (χ0n) is 13.6. The number of hydrogen-bond acceptors (Lipinski definition) is 5. The normalized spacial score (nSPS) is 10.2. The lowest BCUT2D eigenvalue weighted by molar-refractivity contribution is 0.0601. The largest absolute Gasteiger partial charge is 0.465 e. The van der Waals surface area contributed by atoms with Crippen molar-refractivity contribution in [1.29, 1.82) is 0 Å². The summed E-state index contributed by atoms with van der Waals surface area (Å²) in [7, 11) is 1.36. The smallest absolute Gasteiger partial charge is 0.337 e. The predicted octanol–water partition coefficient (Wildman–Crippen LogP) is 2.72. The van der Waals surface area contributed by atoms with Crippen molar-refractivity contribution in [2.45, 2.75) is 12.7 Å². The molecule has 2 rings (SSSR count). The molecule has 0 spiro atoms. The number of H-pyrrole nitrogens is 1. The molecule has 0 aliphatic heterocycles. The fourth-order valence-electron chi connectivity index (χ4n) is 1.92. The van der Waals surface area contributed by atoms with Crippen molar-refractivity contribution >= 4 is 40.7 Å². The molecule has 6 nitrogen and oxygen atoms in total. The number of hydrogen-bond donors (Lipinski definition) is 3. The molecule has 0 bridgehead atoms. The minimum Gasteiger partial charge on any atom is -0.465 e. The van der Waals surface area contributed by atoms with Crippen LogP contribution in [0.5, 0.6) is 0 Å². The van der Waals surface area contributed by atoms with Crippen LogP contribution in [0, 0.1) is 6.92 Å². The zero-order valence-corrected chi connectivity index (χ0v) is 15.2. The summed E-state index contributed by atoms with van der Waals surface area (Å²) in [6, 6.07) is 6.96. The number of thiocarbonyl (C=S) groups is 1. The average Bonchev–Trinajstić information content (AvgIpc) is 2.99. The van der Waals surface area contributed by atoms with Crippen LogP contribution in [0.2, 0.25) is 0 Å². The van der Waals surface area contributed by atoms with Crippen molar-refractivity contribution in [2.75, 3.05) is 24.7 Å². The van der Waals surface area contributed by atoms with Crippen LogP contribution in [-0.2, 0) is 10.5 Å². The number of carbonyl (C=O) groups is 1. The van der Waals surface area contributed by atoms with E-state index in [0.29, 0.717) is 10.7 Å². The number of nitrogens with one attached hydrogen (secondary N) is 3. The summed E-state index contributed by atoms with van der Waals surface area (Å²) in [6.07, 6.45) is 1.72. The summed E-state index contributed by atoms with van der Waals surface area (Å²) >= 11 is 7.05. The molecule has 0 radical (unpaired) electrons. The van der Waals surface area contributed by atoms with Crippen molar-refractivity contribution in [3.63, 3.8) is 0 Å². The van der Waals surface area contributed by atoms with Crippen LogP contribution in [0.1, 0.15) is 21.7 Å². The summed E-state index contributed by atoms with van der Waals surface area (Å²) in [5, 5.41) is 6.79. The molecule has 0 amide bonds. The van der Waals surface area contributed by atoms with Gasteiger partial charge in [-0.1, -0.05) is 0 Å². The maximum Gasteiger partial charge on any atom is 0.337 e. The average molecular weight is 364 g/mol. The Labute approximate surface area is 150 Å². The van der Waals surface area contributed by atoms with Gasteiger partial charge in [0.25, 0.3) is 0 Å². The van der Waals surface area contributed by atoms with E-state index in [9.17, 15) is 4.79 Å².